The summed E-state index contributed by atoms with van der Waals surface area (Å²) in [5.41, 5.74) is 8.31. The summed E-state index contributed by atoms with van der Waals surface area (Å²) in [5, 5.41) is 7.88. The average molecular weight is 297 g/mol. The van der Waals surface area contributed by atoms with E-state index >= 15 is 0 Å². The Hall–Kier alpha value is -1.50. The molecule has 2 heterocycles. The monoisotopic (exact) mass is 296 g/mol. The van der Waals surface area contributed by atoms with Crippen LogP contribution in [0.4, 0.5) is 5.82 Å². The summed E-state index contributed by atoms with van der Waals surface area (Å²) in [6.07, 6.45) is 0.736. The Bertz CT molecular complexity index is 543. The molecule has 17 heavy (non-hydrogen) atoms. The second-order valence-electron chi connectivity index (χ2n) is 3.70. The molecule has 0 saturated carbocycles. The van der Waals surface area contributed by atoms with Crippen LogP contribution in [0.25, 0.3) is 11.4 Å². The number of hydrogen-bond donors (Lipinski definition) is 1. The van der Waals surface area contributed by atoms with Crippen LogP contribution in [-0.2, 0) is 13.5 Å². The maximum Gasteiger partial charge on any atom is 0.157 e. The lowest BCUT2D eigenvalue weighted by Gasteiger charge is -2.09. The lowest BCUT2D eigenvalue weighted by atomic mass is 10.2. The Kier molecular flexibility index (Phi) is 3.10. The molecule has 90 valence electrons. The van der Waals surface area contributed by atoms with Crippen molar-refractivity contribution < 1.29 is 0 Å². The van der Waals surface area contributed by atoms with Crippen LogP contribution < -0.4 is 5.73 Å². The van der Waals surface area contributed by atoms with E-state index < -0.39 is 0 Å². The average Bonchev–Trinajstić information content (AvgIpc) is 2.63. The third-order valence-corrected chi connectivity index (χ3v) is 3.09. The van der Waals surface area contributed by atoms with Crippen molar-refractivity contribution in [3.63, 3.8) is 0 Å². The molecule has 0 radical (unpaired) electrons. The zero-order valence-corrected chi connectivity index (χ0v) is 11.5. The van der Waals surface area contributed by atoms with E-state index in [1.165, 1.54) is 0 Å². The topological polar surface area (TPSA) is 82.5 Å². The first-order valence-electron chi connectivity index (χ1n) is 5.23. The minimum Gasteiger partial charge on any atom is -0.383 e. The molecule has 0 atom stereocenters. The molecule has 0 spiro atoms. The third-order valence-electron chi connectivity index (χ3n) is 2.56. The molecule has 0 aliphatic heterocycles. The summed E-state index contributed by atoms with van der Waals surface area (Å²) >= 11 is 3.36. The molecule has 2 rings (SSSR count). The number of rotatable bonds is 2. The number of halogens is 1. The number of aromatic nitrogens is 5. The van der Waals surface area contributed by atoms with Crippen molar-refractivity contribution in [2.45, 2.75) is 20.3 Å². The third kappa shape index (κ3) is 2.02. The normalized spacial score (nSPS) is 10.8. The van der Waals surface area contributed by atoms with E-state index in [1.807, 2.05) is 20.9 Å². The Balaban J connectivity index is 2.70. The van der Waals surface area contributed by atoms with Gasteiger partial charge in [0.05, 0.1) is 5.69 Å². The quantitative estimate of drug-likeness (QED) is 0.908. The molecule has 6 nitrogen and oxygen atoms in total. The molecule has 2 N–H and O–H groups in total. The molecule has 0 aliphatic rings. The van der Waals surface area contributed by atoms with Gasteiger partial charge < -0.3 is 5.73 Å². The molecule has 2 aromatic rings. The lowest BCUT2D eigenvalue weighted by molar-refractivity contribution is 0.717. The standard InChI is InChI=1S/C10H13BrN6/c1-4-6-13-7(5(2)10(12)14-6)8-9(11)15-16-17(8)3/h4H2,1-3H3,(H2,12,13,14). The van der Waals surface area contributed by atoms with E-state index in [4.69, 9.17) is 5.73 Å². The van der Waals surface area contributed by atoms with Crippen LogP contribution in [0.2, 0.25) is 0 Å². The highest BCUT2D eigenvalue weighted by atomic mass is 79.9. The van der Waals surface area contributed by atoms with Crippen LogP contribution in [0.3, 0.4) is 0 Å². The van der Waals surface area contributed by atoms with Gasteiger partial charge in [-0.05, 0) is 22.9 Å². The van der Waals surface area contributed by atoms with Crippen LogP contribution in [-0.4, -0.2) is 25.0 Å². The summed E-state index contributed by atoms with van der Waals surface area (Å²) in [6, 6.07) is 0. The number of hydrogen-bond acceptors (Lipinski definition) is 5. The summed E-state index contributed by atoms with van der Waals surface area (Å²) in [4.78, 5) is 8.72. The fourth-order valence-corrected chi connectivity index (χ4v) is 2.07. The van der Waals surface area contributed by atoms with Gasteiger partial charge in [-0.25, -0.2) is 14.6 Å². The van der Waals surface area contributed by atoms with Gasteiger partial charge in [0.25, 0.3) is 0 Å². The van der Waals surface area contributed by atoms with Crippen molar-refractivity contribution in [3.8, 4) is 11.4 Å². The van der Waals surface area contributed by atoms with Crippen LogP contribution >= 0.6 is 15.9 Å². The minimum atomic E-state index is 0.500. The number of aryl methyl sites for hydroxylation is 2. The van der Waals surface area contributed by atoms with Gasteiger partial charge in [0.15, 0.2) is 4.60 Å². The van der Waals surface area contributed by atoms with Crippen molar-refractivity contribution in [3.05, 3.63) is 16.0 Å². The highest BCUT2D eigenvalue weighted by Gasteiger charge is 2.17. The van der Waals surface area contributed by atoms with E-state index in [0.29, 0.717) is 10.4 Å². The molecule has 0 amide bonds. The second kappa shape index (κ2) is 4.40. The summed E-state index contributed by atoms with van der Waals surface area (Å²) in [5.74, 6) is 1.22. The molecule has 0 unspecified atom stereocenters. The highest BCUT2D eigenvalue weighted by Crippen LogP contribution is 2.28. The summed E-state index contributed by atoms with van der Waals surface area (Å²) in [6.45, 7) is 3.88. The first kappa shape index (κ1) is 12.0. The van der Waals surface area contributed by atoms with Crippen molar-refractivity contribution >= 4 is 21.7 Å². The Morgan fingerprint density at radius 1 is 1.35 bits per heavy atom. The van der Waals surface area contributed by atoms with Crippen LogP contribution in [0.15, 0.2) is 4.60 Å². The van der Waals surface area contributed by atoms with E-state index in [0.717, 1.165) is 29.2 Å². The van der Waals surface area contributed by atoms with Gasteiger partial charge >= 0.3 is 0 Å². The molecule has 2 aromatic heterocycles. The molecule has 0 saturated heterocycles. The first-order chi connectivity index (χ1) is 8.04. The van der Waals surface area contributed by atoms with Gasteiger partial charge in [0.2, 0.25) is 0 Å². The van der Waals surface area contributed by atoms with E-state index in [-0.39, 0.29) is 0 Å². The fraction of sp³-hybridized carbons (Fsp3) is 0.400. The van der Waals surface area contributed by atoms with Gasteiger partial charge in [-0.15, -0.1) is 5.10 Å². The molecular formula is C10H13BrN6. The van der Waals surface area contributed by atoms with Crippen LogP contribution in [0.1, 0.15) is 18.3 Å². The zero-order chi connectivity index (χ0) is 12.6. The van der Waals surface area contributed by atoms with Crippen molar-refractivity contribution in [1.82, 2.24) is 25.0 Å². The van der Waals surface area contributed by atoms with Gasteiger partial charge in [-0.3, -0.25) is 0 Å². The van der Waals surface area contributed by atoms with Crippen LogP contribution in [0, 0.1) is 6.92 Å². The van der Waals surface area contributed by atoms with Gasteiger partial charge in [-0.1, -0.05) is 12.1 Å². The number of nitrogens with zero attached hydrogens (tertiary/aromatic N) is 5. The predicted molar refractivity (Wildman–Crippen MR) is 68.3 cm³/mol. The number of anilines is 1. The molecule has 0 aliphatic carbocycles. The Labute approximate surface area is 107 Å². The Morgan fingerprint density at radius 3 is 2.59 bits per heavy atom. The SMILES string of the molecule is CCc1nc(N)c(C)c(-c2c(Br)nnn2C)n1. The molecule has 0 fully saturated rings. The number of nitrogens with two attached hydrogens (primary N) is 1. The smallest absolute Gasteiger partial charge is 0.157 e. The van der Waals surface area contributed by atoms with Crippen molar-refractivity contribution in [2.24, 2.45) is 7.05 Å². The second-order valence-corrected chi connectivity index (χ2v) is 4.46. The van der Waals surface area contributed by atoms with Crippen molar-refractivity contribution in [2.75, 3.05) is 5.73 Å². The maximum atomic E-state index is 5.89. The van der Waals surface area contributed by atoms with Gasteiger partial charge in [-0.2, -0.15) is 0 Å². The summed E-state index contributed by atoms with van der Waals surface area (Å²) < 4.78 is 2.32. The fourth-order valence-electron chi connectivity index (χ4n) is 1.55. The van der Waals surface area contributed by atoms with E-state index in [1.54, 1.807) is 4.68 Å². The first-order valence-corrected chi connectivity index (χ1v) is 6.02. The van der Waals surface area contributed by atoms with E-state index in [2.05, 4.69) is 36.2 Å². The minimum absolute atomic E-state index is 0.500. The summed E-state index contributed by atoms with van der Waals surface area (Å²) in [7, 11) is 1.82. The number of nitrogen functional groups attached to an aromatic ring is 1. The lowest BCUT2D eigenvalue weighted by Crippen LogP contribution is -2.06. The maximum absolute atomic E-state index is 5.89. The predicted octanol–water partition coefficient (Wildman–Crippen LogP) is 1.49. The van der Waals surface area contributed by atoms with Crippen molar-refractivity contribution in [1.29, 1.82) is 0 Å². The molecule has 0 aromatic carbocycles. The molecule has 7 heteroatoms. The van der Waals surface area contributed by atoms with Gasteiger partial charge in [0, 0.05) is 19.0 Å². The van der Waals surface area contributed by atoms with Crippen LogP contribution in [0.5, 0.6) is 0 Å². The molecular weight excluding hydrogens is 284 g/mol. The Morgan fingerprint density at radius 2 is 2.06 bits per heavy atom. The zero-order valence-electron chi connectivity index (χ0n) is 9.90. The highest BCUT2D eigenvalue weighted by molar-refractivity contribution is 9.10. The largest absolute Gasteiger partial charge is 0.383 e. The van der Waals surface area contributed by atoms with E-state index in [9.17, 15) is 0 Å². The van der Waals surface area contributed by atoms with Gasteiger partial charge in [0.1, 0.15) is 17.3 Å². The molecule has 0 bridgehead atoms.